The van der Waals surface area contributed by atoms with Gasteiger partial charge in [-0.15, -0.1) is 0 Å². The number of nitrogens with two attached hydrogens (primary N) is 1. The van der Waals surface area contributed by atoms with Crippen LogP contribution in [-0.2, 0) is 0 Å². The zero-order chi connectivity index (χ0) is 14.9. The predicted molar refractivity (Wildman–Crippen MR) is 85.5 cm³/mol. The molecule has 0 bridgehead atoms. The Labute approximate surface area is 134 Å². The lowest BCUT2D eigenvalue weighted by atomic mass is 10.2. The number of anilines is 2. The number of hydrogen-bond acceptors (Lipinski definition) is 3. The van der Waals surface area contributed by atoms with Gasteiger partial charge in [0.15, 0.2) is 0 Å². The quantitative estimate of drug-likeness (QED) is 0.823. The number of aromatic nitrogens is 1. The van der Waals surface area contributed by atoms with E-state index in [0.717, 1.165) is 5.56 Å². The Morgan fingerprint density at radius 3 is 2.70 bits per heavy atom. The Morgan fingerprint density at radius 2 is 2.00 bits per heavy atom. The normalized spacial score (nSPS) is 10.4. The fourth-order valence-electron chi connectivity index (χ4n) is 1.56. The second kappa shape index (κ2) is 5.99. The third-order valence-corrected chi connectivity index (χ3v) is 3.78. The summed E-state index contributed by atoms with van der Waals surface area (Å²) in [4.78, 5) is 16.1. The molecule has 1 amide bonds. The number of aryl methyl sites for hydroxylation is 1. The van der Waals surface area contributed by atoms with Crippen LogP contribution in [0.4, 0.5) is 11.5 Å². The summed E-state index contributed by atoms with van der Waals surface area (Å²) in [6.07, 6.45) is 1.52. The van der Waals surface area contributed by atoms with Crippen LogP contribution in [-0.4, -0.2) is 10.9 Å². The maximum atomic E-state index is 12.2. The number of halogens is 3. The molecular weight excluding hydrogens is 365 g/mol. The van der Waals surface area contributed by atoms with Gasteiger partial charge in [-0.25, -0.2) is 4.98 Å². The first-order valence-corrected chi connectivity index (χ1v) is 7.11. The van der Waals surface area contributed by atoms with Crippen molar-refractivity contribution in [1.29, 1.82) is 0 Å². The van der Waals surface area contributed by atoms with Crippen LogP contribution in [0.25, 0.3) is 0 Å². The second-order valence-corrected chi connectivity index (χ2v) is 5.85. The van der Waals surface area contributed by atoms with Gasteiger partial charge < -0.3 is 11.1 Å². The largest absolute Gasteiger partial charge is 0.383 e. The molecular formula is C13H10BrCl2N3O. The Kier molecular flexibility index (Phi) is 4.52. The van der Waals surface area contributed by atoms with Crippen LogP contribution >= 0.6 is 39.1 Å². The molecule has 0 fully saturated rings. The number of nitrogens with one attached hydrogen (secondary N) is 1. The van der Waals surface area contributed by atoms with Crippen molar-refractivity contribution in [1.82, 2.24) is 4.98 Å². The number of hydrogen-bond donors (Lipinski definition) is 2. The highest BCUT2D eigenvalue weighted by Gasteiger charge is 2.14. The maximum Gasteiger partial charge on any atom is 0.259 e. The van der Waals surface area contributed by atoms with E-state index >= 15 is 0 Å². The number of carbonyl (C=O) groups excluding carboxylic acids is 1. The Morgan fingerprint density at radius 1 is 1.30 bits per heavy atom. The van der Waals surface area contributed by atoms with Crippen molar-refractivity contribution in [3.8, 4) is 0 Å². The van der Waals surface area contributed by atoms with E-state index in [4.69, 9.17) is 28.9 Å². The average molecular weight is 375 g/mol. The van der Waals surface area contributed by atoms with E-state index in [2.05, 4.69) is 26.2 Å². The summed E-state index contributed by atoms with van der Waals surface area (Å²) in [5, 5.41) is 3.59. The summed E-state index contributed by atoms with van der Waals surface area (Å²) < 4.78 is 0.657. The van der Waals surface area contributed by atoms with Gasteiger partial charge in [-0.2, -0.15) is 0 Å². The highest BCUT2D eigenvalue weighted by Crippen LogP contribution is 2.29. The first-order chi connectivity index (χ1) is 9.38. The van der Waals surface area contributed by atoms with E-state index in [1.54, 1.807) is 18.2 Å². The van der Waals surface area contributed by atoms with Gasteiger partial charge >= 0.3 is 0 Å². The van der Waals surface area contributed by atoms with Crippen LogP contribution in [0, 0.1) is 6.92 Å². The van der Waals surface area contributed by atoms with Gasteiger partial charge in [0.25, 0.3) is 5.91 Å². The molecule has 1 aromatic carbocycles. The molecule has 0 aliphatic heterocycles. The first-order valence-electron chi connectivity index (χ1n) is 5.56. The van der Waals surface area contributed by atoms with Crippen molar-refractivity contribution in [3.05, 3.63) is 50.0 Å². The third kappa shape index (κ3) is 3.23. The minimum atomic E-state index is -0.405. The van der Waals surface area contributed by atoms with Crippen LogP contribution < -0.4 is 11.1 Å². The van der Waals surface area contributed by atoms with Crippen LogP contribution in [0.15, 0.2) is 28.9 Å². The number of pyridine rings is 1. The van der Waals surface area contributed by atoms with Gasteiger partial charge in [0.2, 0.25) is 0 Å². The van der Waals surface area contributed by atoms with Crippen LogP contribution in [0.1, 0.15) is 15.9 Å². The molecule has 4 nitrogen and oxygen atoms in total. The van der Waals surface area contributed by atoms with Gasteiger partial charge in [0.05, 0.1) is 16.3 Å². The van der Waals surface area contributed by atoms with Crippen molar-refractivity contribution in [2.75, 3.05) is 11.1 Å². The maximum absolute atomic E-state index is 12.2. The molecule has 1 aromatic heterocycles. The number of amides is 1. The standard InChI is InChI=1S/C13H10BrCl2N3O/c1-6-2-10(16)11(4-9(6)15)19-13(20)8-3-7(14)5-18-12(8)17/h2-5H,1H3,(H2,17,18)(H,19,20). The summed E-state index contributed by atoms with van der Waals surface area (Å²) in [7, 11) is 0. The van der Waals surface area contributed by atoms with E-state index in [1.807, 2.05) is 6.92 Å². The fraction of sp³-hybridized carbons (Fsp3) is 0.0769. The van der Waals surface area contributed by atoms with Crippen LogP contribution in [0.2, 0.25) is 10.0 Å². The summed E-state index contributed by atoms with van der Waals surface area (Å²) in [6.45, 7) is 1.83. The van der Waals surface area contributed by atoms with E-state index < -0.39 is 5.91 Å². The third-order valence-electron chi connectivity index (χ3n) is 2.63. The van der Waals surface area contributed by atoms with Gasteiger partial charge in [-0.1, -0.05) is 23.2 Å². The predicted octanol–water partition coefficient (Wildman–Crippen LogP) is 4.29. The second-order valence-electron chi connectivity index (χ2n) is 4.12. The summed E-state index contributed by atoms with van der Waals surface area (Å²) >= 11 is 15.3. The van der Waals surface area contributed by atoms with Gasteiger partial charge in [0.1, 0.15) is 5.82 Å². The van der Waals surface area contributed by atoms with Crippen molar-refractivity contribution in [3.63, 3.8) is 0 Å². The number of nitrogen functional groups attached to an aromatic ring is 1. The summed E-state index contributed by atoms with van der Waals surface area (Å²) in [5.74, 6) is -0.266. The lowest BCUT2D eigenvalue weighted by Crippen LogP contribution is -2.15. The van der Waals surface area contributed by atoms with E-state index in [9.17, 15) is 4.79 Å². The molecule has 0 saturated carbocycles. The Hall–Kier alpha value is -1.30. The first kappa shape index (κ1) is 15.1. The SMILES string of the molecule is Cc1cc(Cl)c(NC(=O)c2cc(Br)cnc2N)cc1Cl. The lowest BCUT2D eigenvalue weighted by molar-refractivity contribution is 0.102. The smallest absolute Gasteiger partial charge is 0.259 e. The minimum Gasteiger partial charge on any atom is -0.383 e. The molecule has 0 atom stereocenters. The van der Waals surface area contributed by atoms with Crippen molar-refractivity contribution in [2.24, 2.45) is 0 Å². The topological polar surface area (TPSA) is 68.0 Å². The van der Waals surface area contributed by atoms with Gasteiger partial charge in [-0.05, 0) is 46.6 Å². The monoisotopic (exact) mass is 373 g/mol. The molecule has 0 spiro atoms. The molecule has 2 aromatic rings. The van der Waals surface area contributed by atoms with Crippen molar-refractivity contribution in [2.45, 2.75) is 6.92 Å². The molecule has 0 aliphatic rings. The molecule has 0 aliphatic carbocycles. The molecule has 104 valence electrons. The Bertz CT molecular complexity index is 692. The van der Waals surface area contributed by atoms with Crippen LogP contribution in [0.5, 0.6) is 0 Å². The molecule has 3 N–H and O–H groups in total. The van der Waals surface area contributed by atoms with Crippen molar-refractivity contribution < 1.29 is 4.79 Å². The molecule has 20 heavy (non-hydrogen) atoms. The molecule has 7 heteroatoms. The van der Waals surface area contributed by atoms with E-state index in [1.165, 1.54) is 6.20 Å². The fourth-order valence-corrected chi connectivity index (χ4v) is 2.32. The highest BCUT2D eigenvalue weighted by atomic mass is 79.9. The number of benzene rings is 1. The van der Waals surface area contributed by atoms with Gasteiger partial charge in [0, 0.05) is 15.7 Å². The number of nitrogens with zero attached hydrogens (tertiary/aromatic N) is 1. The van der Waals surface area contributed by atoms with Gasteiger partial charge in [-0.3, -0.25) is 4.79 Å². The molecule has 0 radical (unpaired) electrons. The average Bonchev–Trinajstić information content (AvgIpc) is 2.38. The lowest BCUT2D eigenvalue weighted by Gasteiger charge is -2.10. The molecule has 0 saturated heterocycles. The zero-order valence-corrected chi connectivity index (χ0v) is 13.5. The molecule has 1 heterocycles. The molecule has 0 unspecified atom stereocenters. The van der Waals surface area contributed by atoms with E-state index in [0.29, 0.717) is 20.2 Å². The number of rotatable bonds is 2. The Balaban J connectivity index is 2.32. The number of carbonyl (C=O) groups is 1. The molecule has 2 rings (SSSR count). The minimum absolute atomic E-state index is 0.139. The zero-order valence-electron chi connectivity index (χ0n) is 10.4. The summed E-state index contributed by atoms with van der Waals surface area (Å²) in [5.41, 5.74) is 7.20. The van der Waals surface area contributed by atoms with Crippen LogP contribution in [0.3, 0.4) is 0 Å². The van der Waals surface area contributed by atoms with E-state index in [-0.39, 0.29) is 11.4 Å². The highest BCUT2D eigenvalue weighted by molar-refractivity contribution is 9.10. The summed E-state index contributed by atoms with van der Waals surface area (Å²) in [6, 6.07) is 4.86. The van der Waals surface area contributed by atoms with Crippen molar-refractivity contribution >= 4 is 56.5 Å².